The van der Waals surface area contributed by atoms with Crippen LogP contribution >= 0.6 is 22.7 Å². The first-order valence-corrected chi connectivity index (χ1v) is 11.2. The summed E-state index contributed by atoms with van der Waals surface area (Å²) in [6.45, 7) is 0. The molecule has 3 aromatic rings. The van der Waals surface area contributed by atoms with Crippen molar-refractivity contribution in [3.05, 3.63) is 58.4 Å². The van der Waals surface area contributed by atoms with E-state index >= 15 is 0 Å². The molecule has 1 N–H and O–H groups in total. The highest BCUT2D eigenvalue weighted by Crippen LogP contribution is 2.24. The number of anilines is 1. The van der Waals surface area contributed by atoms with Crippen LogP contribution in [0.3, 0.4) is 0 Å². The molecular formula is C17H15BN2O3S3. The quantitative estimate of drug-likeness (QED) is 0.524. The van der Waals surface area contributed by atoms with Crippen molar-refractivity contribution in [1.29, 1.82) is 0 Å². The molecule has 0 unspecified atom stereocenters. The van der Waals surface area contributed by atoms with E-state index in [1.165, 1.54) is 34.8 Å². The number of amides is 1. The molecule has 2 aromatic heterocycles. The molecule has 0 bridgehead atoms. The summed E-state index contributed by atoms with van der Waals surface area (Å²) in [6, 6.07) is 10.1. The SMILES string of the molecule is Bc1cnc(NC(=O)/C(=C/c2cccs2)c2ccc(S(C)(=O)=O)cc2)s1. The Morgan fingerprint density at radius 2 is 1.96 bits per heavy atom. The number of benzene rings is 1. The van der Waals surface area contributed by atoms with Crippen molar-refractivity contribution >= 4 is 67.8 Å². The first-order chi connectivity index (χ1) is 12.3. The zero-order chi connectivity index (χ0) is 18.7. The Labute approximate surface area is 160 Å². The average Bonchev–Trinajstić information content (AvgIpc) is 3.23. The maximum Gasteiger partial charge on any atom is 0.258 e. The van der Waals surface area contributed by atoms with E-state index in [0.29, 0.717) is 16.3 Å². The number of nitrogens with one attached hydrogen (secondary N) is 1. The summed E-state index contributed by atoms with van der Waals surface area (Å²) in [5, 5.41) is 5.26. The van der Waals surface area contributed by atoms with E-state index in [1.807, 2.05) is 25.4 Å². The van der Waals surface area contributed by atoms with E-state index in [0.717, 1.165) is 15.9 Å². The Morgan fingerprint density at radius 1 is 1.23 bits per heavy atom. The normalized spacial score (nSPS) is 12.1. The molecule has 0 radical (unpaired) electrons. The number of hydrogen-bond acceptors (Lipinski definition) is 6. The molecule has 0 aliphatic rings. The maximum atomic E-state index is 12.8. The van der Waals surface area contributed by atoms with Gasteiger partial charge in [-0.05, 0) is 40.0 Å². The summed E-state index contributed by atoms with van der Waals surface area (Å²) >= 11 is 2.91. The van der Waals surface area contributed by atoms with Gasteiger partial charge in [0, 0.05) is 22.9 Å². The number of thiazole rings is 1. The van der Waals surface area contributed by atoms with Crippen molar-refractivity contribution in [3.8, 4) is 0 Å². The van der Waals surface area contributed by atoms with Gasteiger partial charge >= 0.3 is 0 Å². The van der Waals surface area contributed by atoms with Gasteiger partial charge in [-0.3, -0.25) is 10.1 Å². The van der Waals surface area contributed by atoms with Gasteiger partial charge in [0.05, 0.1) is 4.90 Å². The lowest BCUT2D eigenvalue weighted by molar-refractivity contribution is -0.111. The summed E-state index contributed by atoms with van der Waals surface area (Å²) in [7, 11) is -1.37. The van der Waals surface area contributed by atoms with Crippen molar-refractivity contribution < 1.29 is 13.2 Å². The fourth-order valence-electron chi connectivity index (χ4n) is 2.25. The smallest absolute Gasteiger partial charge is 0.258 e. The molecule has 2 heterocycles. The molecule has 0 saturated carbocycles. The highest BCUT2D eigenvalue weighted by molar-refractivity contribution is 7.90. The number of rotatable bonds is 5. The lowest BCUT2D eigenvalue weighted by atomic mass is 10.0. The third-order valence-electron chi connectivity index (χ3n) is 3.51. The molecule has 1 aromatic carbocycles. The summed E-state index contributed by atoms with van der Waals surface area (Å²) in [6.07, 6.45) is 4.64. The first kappa shape index (κ1) is 18.6. The van der Waals surface area contributed by atoms with Crippen LogP contribution in [-0.4, -0.2) is 33.4 Å². The predicted molar refractivity (Wildman–Crippen MR) is 111 cm³/mol. The van der Waals surface area contributed by atoms with Crippen LogP contribution in [0.1, 0.15) is 10.4 Å². The Balaban J connectivity index is 1.97. The molecule has 9 heteroatoms. The lowest BCUT2D eigenvalue weighted by Crippen LogP contribution is -2.13. The van der Waals surface area contributed by atoms with Crippen LogP contribution in [-0.2, 0) is 14.6 Å². The van der Waals surface area contributed by atoms with Crippen molar-refractivity contribution in [2.24, 2.45) is 0 Å². The molecule has 5 nitrogen and oxygen atoms in total. The van der Waals surface area contributed by atoms with E-state index < -0.39 is 9.84 Å². The standard InChI is InChI=1S/C17H15BN2O3S3/c1-26(22,23)13-6-4-11(5-7-13)14(9-12-3-2-8-24-12)16(21)20-17-19-10-15(18)25-17/h2-10H,18H2,1H3,(H,19,20,21)/b14-9+. The monoisotopic (exact) mass is 402 g/mol. The van der Waals surface area contributed by atoms with Gasteiger partial charge < -0.3 is 0 Å². The molecular weight excluding hydrogens is 387 g/mol. The first-order valence-electron chi connectivity index (χ1n) is 7.62. The maximum absolute atomic E-state index is 12.8. The number of carbonyl (C=O) groups excluding carboxylic acids is 1. The van der Waals surface area contributed by atoms with Crippen LogP contribution in [0.4, 0.5) is 5.13 Å². The third kappa shape index (κ3) is 4.49. The number of thiophene rings is 1. The van der Waals surface area contributed by atoms with E-state index in [1.54, 1.807) is 24.4 Å². The molecule has 0 spiro atoms. The minimum Gasteiger partial charge on any atom is -0.298 e. The van der Waals surface area contributed by atoms with Crippen LogP contribution in [0.2, 0.25) is 0 Å². The molecule has 0 fully saturated rings. The second-order valence-electron chi connectivity index (χ2n) is 5.60. The number of nitrogens with zero attached hydrogens (tertiary/aromatic N) is 1. The van der Waals surface area contributed by atoms with E-state index in [4.69, 9.17) is 0 Å². The van der Waals surface area contributed by atoms with Gasteiger partial charge in [0.15, 0.2) is 22.8 Å². The van der Waals surface area contributed by atoms with E-state index in [9.17, 15) is 13.2 Å². The number of aromatic nitrogens is 1. The van der Waals surface area contributed by atoms with Gasteiger partial charge in [0.25, 0.3) is 5.91 Å². The number of carbonyl (C=O) groups is 1. The van der Waals surface area contributed by atoms with Crippen LogP contribution in [0.25, 0.3) is 11.6 Å². The molecule has 132 valence electrons. The van der Waals surface area contributed by atoms with Crippen molar-refractivity contribution in [2.75, 3.05) is 11.6 Å². The predicted octanol–water partition coefficient (Wildman–Crippen LogP) is 2.05. The van der Waals surface area contributed by atoms with E-state index in [-0.39, 0.29) is 10.8 Å². The summed E-state index contributed by atoms with van der Waals surface area (Å²) < 4.78 is 24.3. The summed E-state index contributed by atoms with van der Waals surface area (Å²) in [5.74, 6) is -0.292. The largest absolute Gasteiger partial charge is 0.298 e. The molecule has 0 aliphatic carbocycles. The van der Waals surface area contributed by atoms with Crippen molar-refractivity contribution in [3.63, 3.8) is 0 Å². The van der Waals surface area contributed by atoms with Crippen molar-refractivity contribution in [1.82, 2.24) is 4.98 Å². The van der Waals surface area contributed by atoms with Gasteiger partial charge in [-0.15, -0.1) is 22.7 Å². The number of hydrogen-bond donors (Lipinski definition) is 1. The summed E-state index contributed by atoms with van der Waals surface area (Å²) in [5.41, 5.74) is 1.08. The van der Waals surface area contributed by atoms with Gasteiger partial charge in [0.2, 0.25) is 0 Å². The average molecular weight is 402 g/mol. The van der Waals surface area contributed by atoms with Gasteiger partial charge in [-0.2, -0.15) is 0 Å². The highest BCUT2D eigenvalue weighted by atomic mass is 32.2. The van der Waals surface area contributed by atoms with Gasteiger partial charge in [0.1, 0.15) is 0 Å². The second-order valence-corrected chi connectivity index (χ2v) is 9.83. The Hall–Kier alpha value is -2.23. The van der Waals surface area contributed by atoms with Crippen LogP contribution in [0.5, 0.6) is 0 Å². The minimum absolute atomic E-state index is 0.215. The highest BCUT2D eigenvalue weighted by Gasteiger charge is 2.16. The van der Waals surface area contributed by atoms with Crippen molar-refractivity contribution in [2.45, 2.75) is 4.90 Å². The lowest BCUT2D eigenvalue weighted by Gasteiger charge is -2.08. The van der Waals surface area contributed by atoms with Gasteiger partial charge in [-0.25, -0.2) is 13.4 Å². The fourth-order valence-corrected chi connectivity index (χ4v) is 4.20. The molecule has 0 aliphatic heterocycles. The fraction of sp³-hybridized carbons (Fsp3) is 0.0588. The molecule has 26 heavy (non-hydrogen) atoms. The third-order valence-corrected chi connectivity index (χ3v) is 6.29. The Bertz CT molecular complexity index is 1050. The second kappa shape index (κ2) is 7.57. The zero-order valence-electron chi connectivity index (χ0n) is 14.1. The Kier molecular flexibility index (Phi) is 5.40. The van der Waals surface area contributed by atoms with Gasteiger partial charge in [-0.1, -0.05) is 18.2 Å². The van der Waals surface area contributed by atoms with Crippen LogP contribution < -0.4 is 10.1 Å². The number of sulfone groups is 1. The molecule has 1 amide bonds. The zero-order valence-corrected chi connectivity index (χ0v) is 16.5. The van der Waals surface area contributed by atoms with Crippen LogP contribution in [0, 0.1) is 0 Å². The van der Waals surface area contributed by atoms with E-state index in [2.05, 4.69) is 10.3 Å². The van der Waals surface area contributed by atoms with Crippen LogP contribution in [0.15, 0.2) is 52.9 Å². The molecule has 0 atom stereocenters. The Morgan fingerprint density at radius 3 is 2.50 bits per heavy atom. The minimum atomic E-state index is -3.29. The summed E-state index contributed by atoms with van der Waals surface area (Å²) in [4.78, 5) is 18.1. The topological polar surface area (TPSA) is 76.1 Å². The molecule has 3 rings (SSSR count). The molecule has 0 saturated heterocycles.